The Bertz CT molecular complexity index is 818. The van der Waals surface area contributed by atoms with Crippen molar-refractivity contribution in [1.82, 2.24) is 5.32 Å². The van der Waals surface area contributed by atoms with Crippen LogP contribution in [0.25, 0.3) is 0 Å². The lowest BCUT2D eigenvalue weighted by Gasteiger charge is -2.29. The van der Waals surface area contributed by atoms with Crippen molar-refractivity contribution in [3.8, 4) is 0 Å². The largest absolute Gasteiger partial charge is 0.354 e. The van der Waals surface area contributed by atoms with Gasteiger partial charge in [0, 0.05) is 20.0 Å². The highest BCUT2D eigenvalue weighted by molar-refractivity contribution is 5.93. The highest BCUT2D eigenvalue weighted by atomic mass is 19.1. The van der Waals surface area contributed by atoms with E-state index < -0.39 is 0 Å². The SMILES string of the molecule is CC(=O)N(CCNC(=O)Cc1ccc(F)cc1)c1c(C(C)C)cccc1C(C)C. The summed E-state index contributed by atoms with van der Waals surface area (Å²) in [4.78, 5) is 26.5. The molecular weight excluding hydrogens is 367 g/mol. The number of amides is 2. The second-order valence-electron chi connectivity index (χ2n) is 7.92. The van der Waals surface area contributed by atoms with E-state index in [0.29, 0.717) is 13.1 Å². The molecule has 0 aliphatic heterocycles. The van der Waals surface area contributed by atoms with Gasteiger partial charge in [-0.15, -0.1) is 0 Å². The van der Waals surface area contributed by atoms with Crippen LogP contribution in [0.1, 0.15) is 63.1 Å². The molecule has 0 saturated heterocycles. The minimum Gasteiger partial charge on any atom is -0.354 e. The Balaban J connectivity index is 2.12. The Labute approximate surface area is 173 Å². The van der Waals surface area contributed by atoms with Gasteiger partial charge in [-0.25, -0.2) is 4.39 Å². The molecule has 4 nitrogen and oxygen atoms in total. The monoisotopic (exact) mass is 398 g/mol. The third-order valence-corrected chi connectivity index (χ3v) is 4.93. The zero-order chi connectivity index (χ0) is 21.6. The van der Waals surface area contributed by atoms with Gasteiger partial charge in [-0.1, -0.05) is 58.0 Å². The van der Waals surface area contributed by atoms with Crippen LogP contribution in [0.4, 0.5) is 10.1 Å². The molecule has 156 valence electrons. The lowest BCUT2D eigenvalue weighted by molar-refractivity contribution is -0.121. The average molecular weight is 399 g/mol. The number of hydrogen-bond acceptors (Lipinski definition) is 2. The Morgan fingerprint density at radius 3 is 2.00 bits per heavy atom. The normalized spacial score (nSPS) is 11.0. The van der Waals surface area contributed by atoms with Crippen molar-refractivity contribution in [3.05, 3.63) is 65.0 Å². The fraction of sp³-hybridized carbons (Fsp3) is 0.417. The number of anilines is 1. The minimum atomic E-state index is -0.323. The first-order valence-electron chi connectivity index (χ1n) is 10.1. The predicted molar refractivity (Wildman–Crippen MR) is 116 cm³/mol. The molecule has 2 aromatic carbocycles. The summed E-state index contributed by atoms with van der Waals surface area (Å²) < 4.78 is 13.0. The molecule has 2 aromatic rings. The summed E-state index contributed by atoms with van der Waals surface area (Å²) in [5.74, 6) is 0.0300. The summed E-state index contributed by atoms with van der Waals surface area (Å²) in [5.41, 5.74) is 3.96. The van der Waals surface area contributed by atoms with Crippen molar-refractivity contribution >= 4 is 17.5 Å². The summed E-state index contributed by atoms with van der Waals surface area (Å²) in [5, 5.41) is 2.87. The summed E-state index contributed by atoms with van der Waals surface area (Å²) in [6.45, 7) is 10.8. The molecule has 29 heavy (non-hydrogen) atoms. The smallest absolute Gasteiger partial charge is 0.224 e. The van der Waals surface area contributed by atoms with Gasteiger partial charge >= 0.3 is 0 Å². The van der Waals surface area contributed by atoms with E-state index >= 15 is 0 Å². The fourth-order valence-corrected chi connectivity index (χ4v) is 3.41. The molecule has 2 rings (SSSR count). The third-order valence-electron chi connectivity index (χ3n) is 4.93. The molecule has 2 amide bonds. The van der Waals surface area contributed by atoms with E-state index in [9.17, 15) is 14.0 Å². The Kier molecular flexibility index (Phi) is 7.94. The highest BCUT2D eigenvalue weighted by Crippen LogP contribution is 2.35. The van der Waals surface area contributed by atoms with Gasteiger partial charge in [-0.2, -0.15) is 0 Å². The first-order valence-corrected chi connectivity index (χ1v) is 10.1. The zero-order valence-electron chi connectivity index (χ0n) is 18.0. The molecule has 0 aromatic heterocycles. The first-order chi connectivity index (χ1) is 13.7. The third kappa shape index (κ3) is 6.14. The molecule has 0 spiro atoms. The van der Waals surface area contributed by atoms with Gasteiger partial charge in [-0.3, -0.25) is 9.59 Å². The van der Waals surface area contributed by atoms with Crippen LogP contribution in [0, 0.1) is 5.82 Å². The van der Waals surface area contributed by atoms with Crippen molar-refractivity contribution in [2.24, 2.45) is 0 Å². The number of benzene rings is 2. The molecular formula is C24H31FN2O2. The van der Waals surface area contributed by atoms with Crippen LogP contribution in [0.2, 0.25) is 0 Å². The van der Waals surface area contributed by atoms with E-state index in [1.165, 1.54) is 12.1 Å². The van der Waals surface area contributed by atoms with Crippen LogP contribution < -0.4 is 10.2 Å². The summed E-state index contributed by atoms with van der Waals surface area (Å²) >= 11 is 0. The standard InChI is InChI=1S/C24H31FN2O2/c1-16(2)21-7-6-8-22(17(3)4)24(21)27(18(5)28)14-13-26-23(29)15-19-9-11-20(25)12-10-19/h6-12,16-17H,13-15H2,1-5H3,(H,26,29). The average Bonchev–Trinajstić information content (AvgIpc) is 2.66. The number of nitrogens with one attached hydrogen (secondary N) is 1. The number of carbonyl (C=O) groups is 2. The van der Waals surface area contributed by atoms with Gasteiger partial charge in [0.05, 0.1) is 12.1 Å². The van der Waals surface area contributed by atoms with Gasteiger partial charge in [0.25, 0.3) is 0 Å². The molecule has 0 saturated carbocycles. The Hall–Kier alpha value is -2.69. The maximum Gasteiger partial charge on any atom is 0.224 e. The maximum absolute atomic E-state index is 13.0. The van der Waals surface area contributed by atoms with Crippen molar-refractivity contribution in [2.75, 3.05) is 18.0 Å². The van der Waals surface area contributed by atoms with Gasteiger partial charge in [0.2, 0.25) is 11.8 Å². The lowest BCUT2D eigenvalue weighted by atomic mass is 9.92. The van der Waals surface area contributed by atoms with Crippen LogP contribution in [-0.4, -0.2) is 24.9 Å². The summed E-state index contributed by atoms with van der Waals surface area (Å²) in [6.07, 6.45) is 0.181. The summed E-state index contributed by atoms with van der Waals surface area (Å²) in [6, 6.07) is 12.1. The van der Waals surface area contributed by atoms with E-state index in [4.69, 9.17) is 0 Å². The van der Waals surface area contributed by atoms with Crippen molar-refractivity contribution in [1.29, 1.82) is 0 Å². The van der Waals surface area contributed by atoms with Crippen LogP contribution in [0.5, 0.6) is 0 Å². The number of hydrogen-bond donors (Lipinski definition) is 1. The second kappa shape index (κ2) is 10.2. The van der Waals surface area contributed by atoms with Crippen molar-refractivity contribution < 1.29 is 14.0 Å². The molecule has 0 unspecified atom stereocenters. The van der Waals surface area contributed by atoms with Gasteiger partial charge in [0.1, 0.15) is 5.82 Å². The van der Waals surface area contributed by atoms with Crippen molar-refractivity contribution in [3.63, 3.8) is 0 Å². The lowest BCUT2D eigenvalue weighted by Crippen LogP contribution is -2.39. The Morgan fingerprint density at radius 2 is 1.52 bits per heavy atom. The van der Waals surface area contributed by atoms with E-state index in [1.54, 1.807) is 24.0 Å². The molecule has 5 heteroatoms. The molecule has 1 N–H and O–H groups in total. The van der Waals surface area contributed by atoms with E-state index in [2.05, 4.69) is 45.1 Å². The maximum atomic E-state index is 13.0. The van der Waals surface area contributed by atoms with Crippen LogP contribution in [0.3, 0.4) is 0 Å². The molecule has 0 fully saturated rings. The quantitative estimate of drug-likeness (QED) is 0.695. The highest BCUT2D eigenvalue weighted by Gasteiger charge is 2.22. The number of nitrogens with zero attached hydrogens (tertiary/aromatic N) is 1. The number of halogens is 1. The van der Waals surface area contributed by atoms with Crippen LogP contribution in [-0.2, 0) is 16.0 Å². The Morgan fingerprint density at radius 1 is 0.966 bits per heavy atom. The fourth-order valence-electron chi connectivity index (χ4n) is 3.41. The van der Waals surface area contributed by atoms with Gasteiger partial charge in [0.15, 0.2) is 0 Å². The van der Waals surface area contributed by atoms with Crippen molar-refractivity contribution in [2.45, 2.75) is 52.9 Å². The molecule has 0 aliphatic carbocycles. The molecule has 0 bridgehead atoms. The van der Waals surface area contributed by atoms with E-state index in [0.717, 1.165) is 22.4 Å². The minimum absolute atomic E-state index is 0.0483. The zero-order valence-corrected chi connectivity index (χ0v) is 18.0. The van der Waals surface area contributed by atoms with E-state index in [1.807, 2.05) is 6.07 Å². The van der Waals surface area contributed by atoms with Crippen LogP contribution >= 0.6 is 0 Å². The summed E-state index contributed by atoms with van der Waals surface area (Å²) in [7, 11) is 0. The number of para-hydroxylation sites is 1. The number of rotatable bonds is 8. The van der Waals surface area contributed by atoms with Gasteiger partial charge < -0.3 is 10.2 Å². The van der Waals surface area contributed by atoms with Gasteiger partial charge in [-0.05, 0) is 40.7 Å². The number of carbonyl (C=O) groups excluding carboxylic acids is 2. The molecule has 0 atom stereocenters. The molecule has 0 radical (unpaired) electrons. The second-order valence-corrected chi connectivity index (χ2v) is 7.92. The molecule has 0 aliphatic rings. The topological polar surface area (TPSA) is 49.4 Å². The van der Waals surface area contributed by atoms with E-state index in [-0.39, 0.29) is 35.9 Å². The molecule has 0 heterocycles. The van der Waals surface area contributed by atoms with Crippen LogP contribution in [0.15, 0.2) is 42.5 Å². The predicted octanol–water partition coefficient (Wildman–Crippen LogP) is 4.78. The first kappa shape index (κ1) is 22.6.